The molecule has 2 aromatic carbocycles. The van der Waals surface area contributed by atoms with Crippen LogP contribution in [0.15, 0.2) is 73.3 Å². The van der Waals surface area contributed by atoms with Crippen molar-refractivity contribution < 1.29 is 17.9 Å². The van der Waals surface area contributed by atoms with Crippen LogP contribution in [0.1, 0.15) is 5.56 Å². The predicted octanol–water partition coefficient (Wildman–Crippen LogP) is 5.36. The molecular weight excluding hydrogens is 483 g/mol. The van der Waals surface area contributed by atoms with Crippen LogP contribution in [0, 0.1) is 0 Å². The molecule has 37 heavy (non-hydrogen) atoms. The molecule has 6 rings (SSSR count). The molecule has 186 valence electrons. The molecule has 8 nitrogen and oxygen atoms in total. The minimum atomic E-state index is -4.47. The third kappa shape index (κ3) is 4.02. The van der Waals surface area contributed by atoms with E-state index in [1.165, 1.54) is 12.4 Å². The highest BCUT2D eigenvalue weighted by Gasteiger charge is 2.31. The Bertz CT molecular complexity index is 1740. The van der Waals surface area contributed by atoms with E-state index in [-0.39, 0.29) is 0 Å². The molecule has 0 saturated heterocycles. The minimum absolute atomic E-state index is 0.328. The summed E-state index contributed by atoms with van der Waals surface area (Å²) in [6.45, 7) is 1.22. The van der Waals surface area contributed by atoms with Crippen molar-refractivity contribution in [2.75, 3.05) is 25.6 Å². The van der Waals surface area contributed by atoms with Gasteiger partial charge in [0.2, 0.25) is 5.78 Å². The van der Waals surface area contributed by atoms with Crippen LogP contribution in [-0.2, 0) is 10.9 Å². The molecule has 0 aliphatic rings. The van der Waals surface area contributed by atoms with Crippen LogP contribution in [0.5, 0.6) is 0 Å². The molecule has 0 amide bonds. The Morgan fingerprint density at radius 1 is 0.973 bits per heavy atom. The standard InChI is InChI=1S/C26H20F3N7O/c1-37-10-9-30-23-8-6-17(13-32-23)16-5-7-21-20(11-16)24-22(14-31-21)35-15-33-34-25(35)36(24)19-4-2-3-18(12-19)26(27,28)29/h2-8,11-15H,9-10H2,1H3,(H,30,32). The van der Waals surface area contributed by atoms with Crippen molar-refractivity contribution in [1.29, 1.82) is 0 Å². The van der Waals surface area contributed by atoms with E-state index in [1.807, 2.05) is 30.3 Å². The van der Waals surface area contributed by atoms with Gasteiger partial charge in [-0.1, -0.05) is 12.1 Å². The number of imidazole rings is 1. The fraction of sp³-hybridized carbons (Fsp3) is 0.154. The van der Waals surface area contributed by atoms with Crippen molar-refractivity contribution in [2.45, 2.75) is 6.18 Å². The number of aromatic nitrogens is 6. The van der Waals surface area contributed by atoms with Gasteiger partial charge in [0, 0.05) is 36.5 Å². The number of ether oxygens (including phenoxy) is 1. The molecule has 6 aromatic rings. The number of halogens is 3. The number of pyridine rings is 2. The number of rotatable bonds is 6. The molecule has 0 aliphatic carbocycles. The van der Waals surface area contributed by atoms with Gasteiger partial charge >= 0.3 is 6.18 Å². The molecule has 0 fully saturated rings. The van der Waals surface area contributed by atoms with Crippen LogP contribution in [0.25, 0.3) is 44.5 Å². The molecule has 0 saturated carbocycles. The Kier molecular flexibility index (Phi) is 5.49. The zero-order valence-corrected chi connectivity index (χ0v) is 19.6. The van der Waals surface area contributed by atoms with E-state index in [9.17, 15) is 13.2 Å². The molecule has 0 spiro atoms. The Labute approximate surface area is 208 Å². The topological polar surface area (TPSA) is 82.2 Å². The van der Waals surface area contributed by atoms with Gasteiger partial charge in [-0.25, -0.2) is 4.98 Å². The molecule has 0 radical (unpaired) electrons. The molecule has 4 heterocycles. The van der Waals surface area contributed by atoms with E-state index in [1.54, 1.807) is 34.5 Å². The number of anilines is 1. The number of hydrogen-bond acceptors (Lipinski definition) is 6. The SMILES string of the molecule is COCCNc1ccc(-c2ccc3ncc4c(c3c2)n(-c2cccc(C(F)(F)F)c2)c2nncn42)cn1. The van der Waals surface area contributed by atoms with Gasteiger partial charge in [-0.3, -0.25) is 14.0 Å². The molecule has 1 N–H and O–H groups in total. The predicted molar refractivity (Wildman–Crippen MR) is 134 cm³/mol. The minimum Gasteiger partial charge on any atom is -0.383 e. The second-order valence-electron chi connectivity index (χ2n) is 8.46. The molecule has 4 aromatic heterocycles. The second-order valence-corrected chi connectivity index (χ2v) is 8.46. The summed E-state index contributed by atoms with van der Waals surface area (Å²) in [5.41, 5.74) is 3.43. The lowest BCUT2D eigenvalue weighted by Gasteiger charge is -2.12. The third-order valence-electron chi connectivity index (χ3n) is 6.17. The quantitative estimate of drug-likeness (QED) is 0.308. The van der Waals surface area contributed by atoms with Gasteiger partial charge in [-0.2, -0.15) is 13.2 Å². The van der Waals surface area contributed by atoms with Crippen LogP contribution >= 0.6 is 0 Å². The van der Waals surface area contributed by atoms with Gasteiger partial charge in [0.1, 0.15) is 12.1 Å². The monoisotopic (exact) mass is 503 g/mol. The maximum Gasteiger partial charge on any atom is 0.416 e. The van der Waals surface area contributed by atoms with Crippen molar-refractivity contribution >= 4 is 33.5 Å². The third-order valence-corrected chi connectivity index (χ3v) is 6.17. The van der Waals surface area contributed by atoms with Crippen molar-refractivity contribution in [1.82, 2.24) is 29.1 Å². The zero-order valence-electron chi connectivity index (χ0n) is 19.6. The summed E-state index contributed by atoms with van der Waals surface area (Å²) in [7, 11) is 1.64. The number of methoxy groups -OCH3 is 1. The van der Waals surface area contributed by atoms with Crippen LogP contribution < -0.4 is 5.32 Å². The summed E-state index contributed by atoms with van der Waals surface area (Å²) >= 11 is 0. The van der Waals surface area contributed by atoms with Gasteiger partial charge in [0.15, 0.2) is 0 Å². The Hall–Kier alpha value is -4.51. The van der Waals surface area contributed by atoms with Gasteiger partial charge in [-0.05, 0) is 48.0 Å². The van der Waals surface area contributed by atoms with Gasteiger partial charge < -0.3 is 10.1 Å². The number of hydrogen-bond donors (Lipinski definition) is 1. The Morgan fingerprint density at radius 2 is 1.84 bits per heavy atom. The fourth-order valence-electron chi connectivity index (χ4n) is 4.43. The summed E-state index contributed by atoms with van der Waals surface area (Å²) in [6.07, 6.45) is 0.502. The number of nitrogens with zero attached hydrogens (tertiary/aromatic N) is 6. The lowest BCUT2D eigenvalue weighted by Crippen LogP contribution is -2.08. The van der Waals surface area contributed by atoms with E-state index in [4.69, 9.17) is 4.74 Å². The number of alkyl halides is 3. The fourth-order valence-corrected chi connectivity index (χ4v) is 4.43. The summed E-state index contributed by atoms with van der Waals surface area (Å²) in [6, 6.07) is 14.8. The van der Waals surface area contributed by atoms with Crippen LogP contribution in [0.3, 0.4) is 0 Å². The van der Waals surface area contributed by atoms with E-state index in [2.05, 4.69) is 25.5 Å². The first-order valence-corrected chi connectivity index (χ1v) is 11.4. The number of nitrogens with one attached hydrogen (secondary N) is 1. The van der Waals surface area contributed by atoms with E-state index in [0.29, 0.717) is 41.2 Å². The maximum absolute atomic E-state index is 13.5. The van der Waals surface area contributed by atoms with Crippen LogP contribution in [0.4, 0.5) is 19.0 Å². The van der Waals surface area contributed by atoms with Crippen molar-refractivity contribution in [2.24, 2.45) is 0 Å². The Morgan fingerprint density at radius 3 is 2.62 bits per heavy atom. The van der Waals surface area contributed by atoms with Crippen molar-refractivity contribution in [3.05, 3.63) is 78.9 Å². The van der Waals surface area contributed by atoms with E-state index in [0.717, 1.165) is 34.5 Å². The van der Waals surface area contributed by atoms with Crippen molar-refractivity contribution in [3.63, 3.8) is 0 Å². The number of benzene rings is 2. The highest BCUT2D eigenvalue weighted by atomic mass is 19.4. The normalized spacial score (nSPS) is 12.1. The molecule has 0 aliphatic heterocycles. The van der Waals surface area contributed by atoms with E-state index < -0.39 is 11.7 Å². The van der Waals surface area contributed by atoms with Gasteiger partial charge in [0.05, 0.1) is 34.9 Å². The smallest absolute Gasteiger partial charge is 0.383 e. The first-order chi connectivity index (χ1) is 17.9. The summed E-state index contributed by atoms with van der Waals surface area (Å²) in [5.74, 6) is 1.12. The average Bonchev–Trinajstić information content (AvgIpc) is 3.50. The molecular formula is C26H20F3N7O. The molecule has 11 heteroatoms. The maximum atomic E-state index is 13.5. The zero-order chi connectivity index (χ0) is 25.6. The Balaban J connectivity index is 1.53. The first-order valence-electron chi connectivity index (χ1n) is 11.4. The summed E-state index contributed by atoms with van der Waals surface area (Å²) in [5, 5.41) is 12.1. The van der Waals surface area contributed by atoms with E-state index >= 15 is 0 Å². The van der Waals surface area contributed by atoms with Gasteiger partial charge in [-0.15, -0.1) is 10.2 Å². The van der Waals surface area contributed by atoms with Crippen LogP contribution in [-0.4, -0.2) is 49.4 Å². The highest BCUT2D eigenvalue weighted by Crippen LogP contribution is 2.35. The second kappa shape index (κ2) is 8.86. The van der Waals surface area contributed by atoms with Crippen LogP contribution in [0.2, 0.25) is 0 Å². The molecule has 0 bridgehead atoms. The lowest BCUT2D eigenvalue weighted by molar-refractivity contribution is -0.137. The lowest BCUT2D eigenvalue weighted by atomic mass is 10.0. The highest BCUT2D eigenvalue weighted by molar-refractivity contribution is 6.06. The average molecular weight is 503 g/mol. The largest absolute Gasteiger partial charge is 0.416 e. The molecule has 0 atom stereocenters. The first kappa shape index (κ1) is 22.9. The van der Waals surface area contributed by atoms with Gasteiger partial charge in [0.25, 0.3) is 0 Å². The van der Waals surface area contributed by atoms with Crippen molar-refractivity contribution in [3.8, 4) is 16.8 Å². The number of fused-ring (bicyclic) bond motifs is 5. The summed E-state index contributed by atoms with van der Waals surface area (Å²) in [4.78, 5) is 9.06. The summed E-state index contributed by atoms with van der Waals surface area (Å²) < 4.78 is 49.0. The molecule has 0 unspecified atom stereocenters.